The Morgan fingerprint density at radius 2 is 1.95 bits per heavy atom. The number of ketones is 1. The molecule has 8 heteroatoms. The molecule has 4 bridgehead atoms. The lowest BCUT2D eigenvalue weighted by Gasteiger charge is -2.68. The van der Waals surface area contributed by atoms with Gasteiger partial charge in [-0.3, -0.25) is 9.59 Å². The standard InChI is InChI=1S/C30H39NO7/c1-15-7-18-12-31-20-10-27-13-37-30(35,17(3)22-19(32)8-16(2)24(34)23(22)27)25(27)28(11-21(33)36-14-28)26(20,4)5-6-29(31,9-15)38-18/h8,10,15,17-18,22-25,34-35H,5-7,9,11-14H2,1-4H3/t15-,17+,18+,22+,23-,24+,25-,26+,27+,28+,29-,30-/m0/s1. The minimum atomic E-state index is -1.60. The van der Waals surface area contributed by atoms with Crippen molar-refractivity contribution in [1.82, 2.24) is 4.90 Å². The Balaban J connectivity index is 1.41. The van der Waals surface area contributed by atoms with Crippen LogP contribution in [0.25, 0.3) is 0 Å². The van der Waals surface area contributed by atoms with Gasteiger partial charge in [0.15, 0.2) is 11.6 Å². The van der Waals surface area contributed by atoms with Gasteiger partial charge in [-0.15, -0.1) is 0 Å². The molecule has 2 N–H and O–H groups in total. The first-order valence-electron chi connectivity index (χ1n) is 14.5. The number of carbonyl (C=O) groups is 2. The van der Waals surface area contributed by atoms with Crippen molar-refractivity contribution in [3.8, 4) is 0 Å². The molecule has 8 nitrogen and oxygen atoms in total. The van der Waals surface area contributed by atoms with E-state index >= 15 is 0 Å². The minimum absolute atomic E-state index is 0.0547. The second-order valence-corrected chi connectivity index (χ2v) is 14.4. The third-order valence-electron chi connectivity index (χ3n) is 12.7. The molecule has 0 aromatic rings. The molecule has 5 aliphatic heterocycles. The number of nitrogens with zero attached hydrogens (tertiary/aromatic N) is 1. The third-order valence-corrected chi connectivity index (χ3v) is 12.7. The van der Waals surface area contributed by atoms with E-state index in [4.69, 9.17) is 14.2 Å². The summed E-state index contributed by atoms with van der Waals surface area (Å²) >= 11 is 0. The van der Waals surface area contributed by atoms with Crippen LogP contribution in [0, 0.1) is 45.8 Å². The van der Waals surface area contributed by atoms with Crippen LogP contribution < -0.4 is 0 Å². The van der Waals surface area contributed by atoms with E-state index in [0.717, 1.165) is 37.9 Å². The van der Waals surface area contributed by atoms with E-state index in [-0.39, 0.29) is 43.2 Å². The van der Waals surface area contributed by atoms with Gasteiger partial charge >= 0.3 is 5.97 Å². The van der Waals surface area contributed by atoms with Gasteiger partial charge in [-0.05, 0) is 50.2 Å². The highest BCUT2D eigenvalue weighted by atomic mass is 16.6. The van der Waals surface area contributed by atoms with Crippen molar-refractivity contribution in [2.45, 2.75) is 83.5 Å². The van der Waals surface area contributed by atoms with Crippen molar-refractivity contribution in [3.05, 3.63) is 23.4 Å². The average molecular weight is 526 g/mol. The van der Waals surface area contributed by atoms with Gasteiger partial charge in [-0.1, -0.05) is 26.8 Å². The third kappa shape index (κ3) is 2.42. The Kier molecular flexibility index (Phi) is 4.40. The van der Waals surface area contributed by atoms with Crippen LogP contribution >= 0.6 is 0 Å². The van der Waals surface area contributed by atoms with Crippen LogP contribution in [0.3, 0.4) is 0 Å². The Bertz CT molecular complexity index is 1230. The summed E-state index contributed by atoms with van der Waals surface area (Å²) in [6, 6.07) is 0. The van der Waals surface area contributed by atoms with E-state index in [1.54, 1.807) is 6.08 Å². The number of allylic oxidation sites excluding steroid dienone is 2. The lowest BCUT2D eigenvalue weighted by Crippen LogP contribution is -2.73. The van der Waals surface area contributed by atoms with Gasteiger partial charge in [0.05, 0.1) is 31.8 Å². The van der Waals surface area contributed by atoms with Crippen molar-refractivity contribution >= 4 is 11.8 Å². The van der Waals surface area contributed by atoms with Crippen LogP contribution in [0.15, 0.2) is 23.4 Å². The second kappa shape index (κ2) is 6.93. The molecule has 0 aromatic heterocycles. The number of hydrogen-bond acceptors (Lipinski definition) is 8. The SMILES string of the molecule is CC1=CC(=O)[C@@H]2[C@@H]([C@@H]1O)[C@]13C=C4N5C[C@H]6C[C@H](C)C[C@]5(CC[C@@]4(C)[C@]4(COC(=O)C4)[C@H]1[C@@](O)(OC3)[C@@H]2C)O6. The van der Waals surface area contributed by atoms with Gasteiger partial charge in [0.2, 0.25) is 0 Å². The monoisotopic (exact) mass is 525 g/mol. The summed E-state index contributed by atoms with van der Waals surface area (Å²) in [5.41, 5.74) is -0.562. The molecule has 0 unspecified atom stereocenters. The maximum atomic E-state index is 13.5. The van der Waals surface area contributed by atoms with Crippen LogP contribution in [0.5, 0.6) is 0 Å². The van der Waals surface area contributed by atoms with E-state index in [9.17, 15) is 19.8 Å². The Hall–Kier alpha value is -1.74. The number of aliphatic hydroxyl groups excluding tert-OH is 1. The molecule has 8 rings (SSSR count). The number of cyclic esters (lactones) is 1. The fraction of sp³-hybridized carbons (Fsp3) is 0.800. The van der Waals surface area contributed by atoms with Crippen molar-refractivity contribution in [1.29, 1.82) is 0 Å². The molecule has 5 saturated heterocycles. The number of esters is 1. The summed E-state index contributed by atoms with van der Waals surface area (Å²) < 4.78 is 19.0. The number of rotatable bonds is 0. The van der Waals surface area contributed by atoms with E-state index in [2.05, 4.69) is 24.8 Å². The predicted molar refractivity (Wildman–Crippen MR) is 134 cm³/mol. The average Bonchev–Trinajstić information content (AvgIpc) is 3.46. The van der Waals surface area contributed by atoms with Gasteiger partial charge in [0, 0.05) is 52.2 Å². The molecule has 206 valence electrons. The first-order valence-corrected chi connectivity index (χ1v) is 14.5. The van der Waals surface area contributed by atoms with Crippen LogP contribution in [0.1, 0.15) is 59.8 Å². The number of fused-ring (bicyclic) bond motifs is 5. The lowest BCUT2D eigenvalue weighted by molar-refractivity contribution is -0.297. The van der Waals surface area contributed by atoms with Crippen LogP contribution in [-0.2, 0) is 23.8 Å². The molecule has 6 fully saturated rings. The number of hydrogen-bond donors (Lipinski definition) is 2. The van der Waals surface area contributed by atoms with Crippen molar-refractivity contribution in [3.63, 3.8) is 0 Å². The lowest BCUT2D eigenvalue weighted by atomic mass is 9.36. The molecular formula is C30H39NO7. The smallest absolute Gasteiger partial charge is 0.306 e. The molecule has 1 saturated carbocycles. The van der Waals surface area contributed by atoms with Crippen LogP contribution in [0.4, 0.5) is 0 Å². The van der Waals surface area contributed by atoms with Gasteiger partial charge in [-0.25, -0.2) is 0 Å². The summed E-state index contributed by atoms with van der Waals surface area (Å²) in [5, 5.41) is 24.2. The van der Waals surface area contributed by atoms with E-state index in [0.29, 0.717) is 11.5 Å². The number of carbonyl (C=O) groups excluding carboxylic acids is 2. The fourth-order valence-corrected chi connectivity index (χ4v) is 11.2. The summed E-state index contributed by atoms with van der Waals surface area (Å²) in [4.78, 5) is 29.0. The largest absolute Gasteiger partial charge is 0.465 e. The molecule has 0 radical (unpaired) electrons. The fourth-order valence-electron chi connectivity index (χ4n) is 11.2. The van der Waals surface area contributed by atoms with Crippen LogP contribution in [-0.4, -0.2) is 70.3 Å². The maximum absolute atomic E-state index is 13.5. The second-order valence-electron chi connectivity index (χ2n) is 14.4. The first-order chi connectivity index (χ1) is 17.9. The predicted octanol–water partition coefficient (Wildman–Crippen LogP) is 2.54. The molecule has 0 aromatic carbocycles. The molecule has 2 spiro atoms. The van der Waals surface area contributed by atoms with Gasteiger partial charge in [0.1, 0.15) is 5.72 Å². The van der Waals surface area contributed by atoms with Crippen LogP contribution in [0.2, 0.25) is 0 Å². The molecule has 3 aliphatic carbocycles. The maximum Gasteiger partial charge on any atom is 0.306 e. The summed E-state index contributed by atoms with van der Waals surface area (Å²) in [5.74, 6) is -3.38. The normalized spacial score (nSPS) is 58.1. The number of ether oxygens (including phenoxy) is 3. The van der Waals surface area contributed by atoms with E-state index in [1.807, 2.05) is 13.8 Å². The zero-order valence-electron chi connectivity index (χ0n) is 22.7. The number of aliphatic hydroxyl groups is 2. The van der Waals surface area contributed by atoms with Crippen molar-refractivity contribution in [2.24, 2.45) is 45.8 Å². The van der Waals surface area contributed by atoms with E-state index < -0.39 is 51.8 Å². The zero-order chi connectivity index (χ0) is 26.6. The number of piperidine rings is 1. The molecule has 8 aliphatic rings. The van der Waals surface area contributed by atoms with E-state index in [1.165, 1.54) is 0 Å². The highest BCUT2D eigenvalue weighted by molar-refractivity contribution is 5.94. The van der Waals surface area contributed by atoms with Crippen molar-refractivity contribution < 1.29 is 34.0 Å². The quantitative estimate of drug-likeness (QED) is 0.465. The van der Waals surface area contributed by atoms with Gasteiger partial charge in [0.25, 0.3) is 0 Å². The molecule has 0 amide bonds. The molecule has 5 heterocycles. The highest BCUT2D eigenvalue weighted by Gasteiger charge is 2.82. The molecule has 12 atom stereocenters. The Morgan fingerprint density at radius 3 is 2.68 bits per heavy atom. The summed E-state index contributed by atoms with van der Waals surface area (Å²) in [6.07, 6.45) is 7.04. The van der Waals surface area contributed by atoms with Gasteiger partial charge < -0.3 is 29.3 Å². The topological polar surface area (TPSA) is 106 Å². The molecule has 38 heavy (non-hydrogen) atoms. The summed E-state index contributed by atoms with van der Waals surface area (Å²) in [7, 11) is 0. The van der Waals surface area contributed by atoms with Crippen molar-refractivity contribution in [2.75, 3.05) is 19.8 Å². The first kappa shape index (κ1) is 24.1. The Labute approximate surface area is 223 Å². The minimum Gasteiger partial charge on any atom is -0.465 e. The highest BCUT2D eigenvalue weighted by Crippen LogP contribution is 2.78. The summed E-state index contributed by atoms with van der Waals surface area (Å²) in [6.45, 7) is 9.47. The Morgan fingerprint density at radius 1 is 1.16 bits per heavy atom. The zero-order valence-corrected chi connectivity index (χ0v) is 22.7. The molecular weight excluding hydrogens is 486 g/mol. The van der Waals surface area contributed by atoms with Gasteiger partial charge in [-0.2, -0.15) is 0 Å².